The molecule has 0 saturated carbocycles. The molecule has 0 fully saturated rings. The van der Waals surface area contributed by atoms with Crippen molar-refractivity contribution in [1.29, 1.82) is 0 Å². The second kappa shape index (κ2) is 4.62. The average Bonchev–Trinajstić information content (AvgIpc) is 2.27. The topological polar surface area (TPSA) is 93.1 Å². The van der Waals surface area contributed by atoms with E-state index in [-0.39, 0.29) is 11.5 Å². The number of ether oxygens (including phenoxy) is 2. The molecule has 2 rings (SSSR count). The highest BCUT2D eigenvalue weighted by atomic mass is 16.7. The number of rotatable bonds is 2. The maximum absolute atomic E-state index is 10.5. The standard InChI is InChI=1S/C12H8O6/c13-11(14)17-8-4-5-9-7(6-8)2-1-3-10(9)18-12(15)16/h1-6H,(H,13,14)(H,15,16). The van der Waals surface area contributed by atoms with Crippen LogP contribution in [0, 0.1) is 0 Å². The molecule has 0 bridgehead atoms. The van der Waals surface area contributed by atoms with Gasteiger partial charge < -0.3 is 19.7 Å². The average molecular weight is 248 g/mol. The smallest absolute Gasteiger partial charge is 0.449 e. The Balaban J connectivity index is 2.46. The summed E-state index contributed by atoms with van der Waals surface area (Å²) >= 11 is 0. The Labute approximate surface area is 101 Å². The summed E-state index contributed by atoms with van der Waals surface area (Å²) in [5, 5.41) is 18.2. The number of benzene rings is 2. The molecule has 0 radical (unpaired) electrons. The SMILES string of the molecule is O=C(O)Oc1ccc2c(OC(=O)O)cccc2c1. The molecular weight excluding hydrogens is 240 g/mol. The summed E-state index contributed by atoms with van der Waals surface area (Å²) in [6, 6.07) is 9.24. The number of hydrogen-bond acceptors (Lipinski definition) is 4. The Morgan fingerprint density at radius 2 is 1.67 bits per heavy atom. The monoisotopic (exact) mass is 248 g/mol. The first-order valence-electron chi connectivity index (χ1n) is 4.90. The van der Waals surface area contributed by atoms with Gasteiger partial charge in [-0.15, -0.1) is 0 Å². The van der Waals surface area contributed by atoms with Crippen molar-refractivity contribution >= 4 is 23.1 Å². The minimum atomic E-state index is -1.41. The van der Waals surface area contributed by atoms with Crippen LogP contribution >= 0.6 is 0 Å². The molecule has 0 aliphatic rings. The fraction of sp³-hybridized carbons (Fsp3) is 0. The summed E-state index contributed by atoms with van der Waals surface area (Å²) in [5.74, 6) is 0.337. The maximum atomic E-state index is 10.5. The van der Waals surface area contributed by atoms with Crippen LogP contribution in [0.25, 0.3) is 10.8 Å². The van der Waals surface area contributed by atoms with Gasteiger partial charge in [0.2, 0.25) is 0 Å². The maximum Gasteiger partial charge on any atom is 0.511 e. The van der Waals surface area contributed by atoms with Gasteiger partial charge >= 0.3 is 12.3 Å². The molecule has 0 aliphatic carbocycles. The van der Waals surface area contributed by atoms with E-state index in [0.29, 0.717) is 10.8 Å². The number of carboxylic acid groups (broad SMARTS) is 2. The van der Waals surface area contributed by atoms with E-state index in [9.17, 15) is 9.59 Å². The van der Waals surface area contributed by atoms with E-state index >= 15 is 0 Å². The van der Waals surface area contributed by atoms with Crippen molar-refractivity contribution in [1.82, 2.24) is 0 Å². The van der Waals surface area contributed by atoms with Crippen LogP contribution in [-0.4, -0.2) is 22.5 Å². The van der Waals surface area contributed by atoms with Crippen molar-refractivity contribution in [2.45, 2.75) is 0 Å². The molecule has 2 N–H and O–H groups in total. The molecule has 0 heterocycles. The third kappa shape index (κ3) is 2.49. The third-order valence-electron chi connectivity index (χ3n) is 2.21. The first kappa shape index (κ1) is 11.7. The van der Waals surface area contributed by atoms with Crippen molar-refractivity contribution < 1.29 is 29.3 Å². The molecule has 6 nitrogen and oxygen atoms in total. The van der Waals surface area contributed by atoms with E-state index in [1.807, 2.05) is 0 Å². The second-order valence-electron chi connectivity index (χ2n) is 3.38. The lowest BCUT2D eigenvalue weighted by molar-refractivity contribution is 0.143. The van der Waals surface area contributed by atoms with E-state index in [1.54, 1.807) is 12.1 Å². The quantitative estimate of drug-likeness (QED) is 0.626. The second-order valence-corrected chi connectivity index (χ2v) is 3.38. The first-order chi connectivity index (χ1) is 8.56. The Bertz CT molecular complexity index is 619. The summed E-state index contributed by atoms with van der Waals surface area (Å²) in [6.07, 6.45) is -2.82. The minimum Gasteiger partial charge on any atom is -0.449 e. The van der Waals surface area contributed by atoms with Crippen molar-refractivity contribution in [3.8, 4) is 11.5 Å². The molecule has 2 aromatic rings. The Kier molecular flexibility index (Phi) is 3.01. The highest BCUT2D eigenvalue weighted by molar-refractivity contribution is 5.91. The minimum absolute atomic E-state index is 0.155. The summed E-state index contributed by atoms with van der Waals surface area (Å²) in [5.41, 5.74) is 0. The number of fused-ring (bicyclic) bond motifs is 1. The molecule has 2 aromatic carbocycles. The van der Waals surface area contributed by atoms with Gasteiger partial charge in [-0.05, 0) is 29.7 Å². The van der Waals surface area contributed by atoms with Gasteiger partial charge in [0.15, 0.2) is 0 Å². The third-order valence-corrected chi connectivity index (χ3v) is 2.21. The summed E-state index contributed by atoms with van der Waals surface area (Å²) in [4.78, 5) is 20.9. The van der Waals surface area contributed by atoms with Gasteiger partial charge in [-0.2, -0.15) is 0 Å². The Morgan fingerprint density at radius 3 is 2.33 bits per heavy atom. The Morgan fingerprint density at radius 1 is 0.944 bits per heavy atom. The normalized spacial score (nSPS) is 10.0. The van der Waals surface area contributed by atoms with Gasteiger partial charge in [-0.25, -0.2) is 9.59 Å². The van der Waals surface area contributed by atoms with Crippen LogP contribution in [-0.2, 0) is 0 Å². The predicted octanol–water partition coefficient (Wildman–Crippen LogP) is 2.95. The van der Waals surface area contributed by atoms with Crippen LogP contribution in [0.4, 0.5) is 9.59 Å². The van der Waals surface area contributed by atoms with Crippen molar-refractivity contribution in [3.63, 3.8) is 0 Å². The molecule has 0 aromatic heterocycles. The van der Waals surface area contributed by atoms with Crippen LogP contribution in [0.3, 0.4) is 0 Å². The van der Waals surface area contributed by atoms with E-state index in [1.165, 1.54) is 24.3 Å². The molecule has 6 heteroatoms. The van der Waals surface area contributed by atoms with Crippen molar-refractivity contribution in [2.24, 2.45) is 0 Å². The van der Waals surface area contributed by atoms with E-state index in [0.717, 1.165) is 0 Å². The predicted molar refractivity (Wildman–Crippen MR) is 61.3 cm³/mol. The fourth-order valence-electron chi connectivity index (χ4n) is 1.58. The zero-order valence-corrected chi connectivity index (χ0v) is 8.99. The molecule has 18 heavy (non-hydrogen) atoms. The molecule has 0 aliphatic heterocycles. The molecule has 0 amide bonds. The van der Waals surface area contributed by atoms with Crippen LogP contribution < -0.4 is 9.47 Å². The van der Waals surface area contributed by atoms with Crippen molar-refractivity contribution in [3.05, 3.63) is 36.4 Å². The van der Waals surface area contributed by atoms with Crippen LogP contribution in [0.1, 0.15) is 0 Å². The van der Waals surface area contributed by atoms with Crippen LogP contribution in [0.15, 0.2) is 36.4 Å². The highest BCUT2D eigenvalue weighted by Crippen LogP contribution is 2.28. The summed E-state index contributed by atoms with van der Waals surface area (Å²) in [6.45, 7) is 0. The lowest BCUT2D eigenvalue weighted by Crippen LogP contribution is -2.04. The van der Waals surface area contributed by atoms with Crippen LogP contribution in [0.2, 0.25) is 0 Å². The van der Waals surface area contributed by atoms with Crippen LogP contribution in [0.5, 0.6) is 11.5 Å². The highest BCUT2D eigenvalue weighted by Gasteiger charge is 2.08. The van der Waals surface area contributed by atoms with Gasteiger partial charge in [0.05, 0.1) is 0 Å². The summed E-state index contributed by atoms with van der Waals surface area (Å²) in [7, 11) is 0. The first-order valence-corrected chi connectivity index (χ1v) is 4.90. The lowest BCUT2D eigenvalue weighted by atomic mass is 10.1. The number of hydrogen-bond donors (Lipinski definition) is 2. The van der Waals surface area contributed by atoms with Gasteiger partial charge in [-0.3, -0.25) is 0 Å². The molecule has 0 saturated heterocycles. The van der Waals surface area contributed by atoms with E-state index in [2.05, 4.69) is 9.47 Å². The zero-order valence-electron chi connectivity index (χ0n) is 8.99. The number of carbonyl (C=O) groups is 2. The molecule has 92 valence electrons. The van der Waals surface area contributed by atoms with Gasteiger partial charge in [0.1, 0.15) is 11.5 Å². The summed E-state index contributed by atoms with van der Waals surface area (Å²) < 4.78 is 9.11. The zero-order chi connectivity index (χ0) is 13.1. The van der Waals surface area contributed by atoms with Gasteiger partial charge in [0, 0.05) is 5.39 Å². The van der Waals surface area contributed by atoms with E-state index < -0.39 is 12.3 Å². The molecular formula is C12H8O6. The molecule has 0 atom stereocenters. The largest absolute Gasteiger partial charge is 0.511 e. The van der Waals surface area contributed by atoms with E-state index in [4.69, 9.17) is 10.2 Å². The fourth-order valence-corrected chi connectivity index (χ4v) is 1.58. The molecule has 0 unspecified atom stereocenters. The van der Waals surface area contributed by atoms with Crippen molar-refractivity contribution in [2.75, 3.05) is 0 Å². The van der Waals surface area contributed by atoms with Gasteiger partial charge in [-0.1, -0.05) is 12.1 Å². The Hall–Kier alpha value is -2.76. The lowest BCUT2D eigenvalue weighted by Gasteiger charge is -2.06. The molecule has 0 spiro atoms. The van der Waals surface area contributed by atoms with Gasteiger partial charge in [0.25, 0.3) is 0 Å².